The third-order valence-corrected chi connectivity index (χ3v) is 11.0. The van der Waals surface area contributed by atoms with Crippen molar-refractivity contribution in [1.82, 2.24) is 10.6 Å². The summed E-state index contributed by atoms with van der Waals surface area (Å²) in [6.07, 6.45) is -45.9. The number of ether oxygens (including phenoxy) is 9. The molecule has 30 heteroatoms. The van der Waals surface area contributed by atoms with Crippen molar-refractivity contribution in [2.45, 2.75) is 167 Å². The summed E-state index contributed by atoms with van der Waals surface area (Å²) in [7, 11) is 0. The lowest BCUT2D eigenvalue weighted by molar-refractivity contribution is -0.358. The van der Waals surface area contributed by atoms with Crippen molar-refractivity contribution in [3.63, 3.8) is 0 Å². The molecule has 0 aromatic heterocycles. The minimum atomic E-state index is -2.25. The van der Waals surface area contributed by atoms with Gasteiger partial charge in [0.2, 0.25) is 11.8 Å². The Morgan fingerprint density at radius 2 is 0.812 bits per heavy atom. The number of carbonyl (C=O) groups excluding carboxylic acids is 2. The van der Waals surface area contributed by atoms with Crippen molar-refractivity contribution in [2.24, 2.45) is 0 Å². The molecule has 0 unspecified atom stereocenters. The van der Waals surface area contributed by atoms with E-state index in [0.29, 0.717) is 0 Å². The van der Waals surface area contributed by atoms with E-state index in [4.69, 9.17) is 42.6 Å². The SMILES string of the molecule is CC(=O)N[C@@H]1[C@H](OC[C@H]2O[C@H](O[C@H]3[C@H](O)[C@H](NC(C)=O)[C@H](OC[C@H]4O[C@H](O)[C@H](O)[C@@H](O)[C@@H]4O)O[C@@H]3C(=O)O)[C@H](O)[C@@H](O)[C@@H]2O)O[C@H](C(=O)O)[C@@H](O[C@H]2O[C@H](CO)[C@@H](O)[C@H](O)[C@H]2O)[C@@H]1O. The molecule has 2 amide bonds. The number of carboxylic acids is 2. The smallest absolute Gasteiger partial charge is 0.335 e. The Hall–Kier alpha value is -3.00. The second kappa shape index (κ2) is 21.7. The average molecular weight is 939 g/mol. The van der Waals surface area contributed by atoms with Crippen molar-refractivity contribution in [3.05, 3.63) is 0 Å². The molecule has 25 atom stereocenters. The van der Waals surface area contributed by atoms with Crippen molar-refractivity contribution >= 4 is 23.8 Å². The van der Waals surface area contributed by atoms with E-state index in [1.54, 1.807) is 0 Å². The Bertz CT molecular complexity index is 1600. The van der Waals surface area contributed by atoms with Gasteiger partial charge in [-0.15, -0.1) is 0 Å². The van der Waals surface area contributed by atoms with Crippen LogP contribution in [0.2, 0.25) is 0 Å². The van der Waals surface area contributed by atoms with Gasteiger partial charge in [0, 0.05) is 13.8 Å². The maximum Gasteiger partial charge on any atom is 0.335 e. The number of carbonyl (C=O) groups is 4. The minimum Gasteiger partial charge on any atom is -0.479 e. The van der Waals surface area contributed by atoms with Gasteiger partial charge in [0.05, 0.1) is 19.8 Å². The predicted octanol–water partition coefficient (Wildman–Crippen LogP) is -11.5. The number of hydrogen-bond acceptors (Lipinski definition) is 26. The van der Waals surface area contributed by atoms with E-state index in [0.717, 1.165) is 13.8 Å². The zero-order valence-electron chi connectivity index (χ0n) is 33.6. The second-order valence-corrected chi connectivity index (χ2v) is 15.6. The molecule has 5 heterocycles. The van der Waals surface area contributed by atoms with Crippen LogP contribution < -0.4 is 10.6 Å². The monoisotopic (exact) mass is 938 g/mol. The van der Waals surface area contributed by atoms with Gasteiger partial charge in [0.15, 0.2) is 43.7 Å². The van der Waals surface area contributed by atoms with Crippen LogP contribution in [0.4, 0.5) is 0 Å². The summed E-state index contributed by atoms with van der Waals surface area (Å²) < 4.78 is 49.1. The predicted molar refractivity (Wildman–Crippen MR) is 191 cm³/mol. The molecule has 17 N–H and O–H groups in total. The number of rotatable bonds is 15. The molecule has 0 aliphatic carbocycles. The van der Waals surface area contributed by atoms with E-state index >= 15 is 0 Å². The minimum absolute atomic E-state index is 0.798. The quantitative estimate of drug-likeness (QED) is 0.0725. The van der Waals surface area contributed by atoms with E-state index in [2.05, 4.69) is 10.6 Å². The largest absolute Gasteiger partial charge is 0.479 e. The highest BCUT2D eigenvalue weighted by atomic mass is 16.8. The molecule has 0 saturated carbocycles. The first kappa shape index (κ1) is 52.0. The molecule has 0 radical (unpaired) electrons. The summed E-state index contributed by atoms with van der Waals surface area (Å²) in [5.74, 6) is -5.36. The number of nitrogens with one attached hydrogen (secondary N) is 2. The van der Waals surface area contributed by atoms with Crippen LogP contribution >= 0.6 is 0 Å². The third-order valence-electron chi connectivity index (χ3n) is 11.0. The van der Waals surface area contributed by atoms with Crippen LogP contribution in [0.15, 0.2) is 0 Å². The fourth-order valence-electron chi connectivity index (χ4n) is 7.57. The van der Waals surface area contributed by atoms with Gasteiger partial charge in [-0.3, -0.25) is 9.59 Å². The maximum absolute atomic E-state index is 12.5. The summed E-state index contributed by atoms with van der Waals surface area (Å²) in [6, 6.07) is -3.49. The summed E-state index contributed by atoms with van der Waals surface area (Å²) in [5.41, 5.74) is 0. The van der Waals surface area contributed by atoms with Crippen LogP contribution in [-0.2, 0) is 61.8 Å². The summed E-state index contributed by atoms with van der Waals surface area (Å²) in [6.45, 7) is -0.696. The van der Waals surface area contributed by atoms with Crippen molar-refractivity contribution in [1.29, 1.82) is 0 Å². The molecular weight excluding hydrogens is 884 g/mol. The van der Waals surface area contributed by atoms with Crippen LogP contribution in [-0.4, -0.2) is 274 Å². The van der Waals surface area contributed by atoms with E-state index in [-0.39, 0.29) is 0 Å². The van der Waals surface area contributed by atoms with Gasteiger partial charge < -0.3 is 130 Å². The number of hydrogen-bond donors (Lipinski definition) is 17. The van der Waals surface area contributed by atoms with Gasteiger partial charge in [-0.25, -0.2) is 9.59 Å². The van der Waals surface area contributed by atoms with E-state index in [1.807, 2.05) is 0 Å². The van der Waals surface area contributed by atoms with E-state index < -0.39 is 197 Å². The number of amides is 2. The maximum atomic E-state index is 12.5. The topological polar surface area (TPSA) is 479 Å². The standard InChI is InChI=1S/C34H54N2O28/c1-6(38)35-11-17(44)25(27(29(53)54)63-31(11)56-4-9-14(41)18(45)21(48)30(55)58-9)62-34-23(50)20(47)15(42)10(60-34)5-57-32-12(36-7(2)39)16(43)24(26(64-32)28(51)52)61-33-22(49)19(46)13(40)8(3-37)59-33/h8-27,30-34,37,40-50,55H,3-5H2,1-2H3,(H,35,38)(H,36,39)(H,51,52)(H,53,54)/t8-,9-,10-,11+,12+,13-,14-,15-,16-,17-,18+,19+,20+,21-,22-,23-,24+,25+,26+,27+,30+,31-,32-,33-,34-/m1/s1. The third kappa shape index (κ3) is 11.2. The molecule has 5 aliphatic heterocycles. The Morgan fingerprint density at radius 3 is 1.19 bits per heavy atom. The normalized spacial score (nSPS) is 47.6. The highest BCUT2D eigenvalue weighted by Crippen LogP contribution is 2.33. The van der Waals surface area contributed by atoms with Crippen molar-refractivity contribution in [3.8, 4) is 0 Å². The van der Waals surface area contributed by atoms with Crippen LogP contribution in [0.3, 0.4) is 0 Å². The van der Waals surface area contributed by atoms with Crippen LogP contribution in [0.5, 0.6) is 0 Å². The zero-order valence-corrected chi connectivity index (χ0v) is 33.6. The lowest BCUT2D eigenvalue weighted by atomic mass is 9.94. The first-order chi connectivity index (χ1) is 30.0. The molecule has 0 spiro atoms. The molecule has 5 aliphatic rings. The van der Waals surface area contributed by atoms with Gasteiger partial charge in [-0.05, 0) is 0 Å². The fraction of sp³-hybridized carbons (Fsp3) is 0.882. The molecule has 5 rings (SSSR count). The molecule has 0 aromatic carbocycles. The van der Waals surface area contributed by atoms with Gasteiger partial charge in [0.25, 0.3) is 0 Å². The number of carboxylic acid groups (broad SMARTS) is 2. The summed E-state index contributed by atoms with van der Waals surface area (Å²) in [5, 5.41) is 160. The molecule has 64 heavy (non-hydrogen) atoms. The summed E-state index contributed by atoms with van der Waals surface area (Å²) in [4.78, 5) is 49.3. The average Bonchev–Trinajstić information content (AvgIpc) is 3.23. The Morgan fingerprint density at radius 1 is 0.453 bits per heavy atom. The zero-order chi connectivity index (χ0) is 47.6. The highest BCUT2D eigenvalue weighted by molar-refractivity contribution is 5.75. The van der Waals surface area contributed by atoms with Crippen LogP contribution in [0.25, 0.3) is 0 Å². The van der Waals surface area contributed by atoms with Gasteiger partial charge in [-0.1, -0.05) is 0 Å². The number of aliphatic hydroxyl groups excluding tert-OH is 13. The lowest BCUT2D eigenvalue weighted by Gasteiger charge is -2.47. The molecule has 30 nitrogen and oxygen atoms in total. The molecule has 5 saturated heterocycles. The second-order valence-electron chi connectivity index (χ2n) is 15.6. The van der Waals surface area contributed by atoms with Crippen molar-refractivity contribution in [2.75, 3.05) is 19.8 Å². The lowest BCUT2D eigenvalue weighted by Crippen LogP contribution is -2.69. The summed E-state index contributed by atoms with van der Waals surface area (Å²) >= 11 is 0. The van der Waals surface area contributed by atoms with Gasteiger partial charge >= 0.3 is 11.9 Å². The Kier molecular flexibility index (Phi) is 17.7. The van der Waals surface area contributed by atoms with E-state index in [1.165, 1.54) is 0 Å². The molecule has 5 fully saturated rings. The molecule has 0 aromatic rings. The van der Waals surface area contributed by atoms with Crippen LogP contribution in [0, 0.1) is 0 Å². The first-order valence-corrected chi connectivity index (χ1v) is 19.6. The van der Waals surface area contributed by atoms with Crippen LogP contribution in [0.1, 0.15) is 13.8 Å². The highest BCUT2D eigenvalue weighted by Gasteiger charge is 2.56. The molecule has 368 valence electrons. The Labute approximate surface area is 359 Å². The molecular formula is C34H54N2O28. The number of aliphatic carboxylic acids is 2. The molecule has 0 bridgehead atoms. The number of aliphatic hydroxyl groups is 13. The van der Waals surface area contributed by atoms with Gasteiger partial charge in [0.1, 0.15) is 110 Å². The fourth-order valence-corrected chi connectivity index (χ4v) is 7.57. The first-order valence-electron chi connectivity index (χ1n) is 19.6. The Balaban J connectivity index is 1.31. The van der Waals surface area contributed by atoms with Gasteiger partial charge in [-0.2, -0.15) is 0 Å². The van der Waals surface area contributed by atoms with Crippen molar-refractivity contribution < 1.29 is 138 Å². The van der Waals surface area contributed by atoms with E-state index in [9.17, 15) is 95.8 Å².